The fourth-order valence-electron chi connectivity index (χ4n) is 1.49. The highest BCUT2D eigenvalue weighted by Crippen LogP contribution is 2.17. The number of hydrogen-bond donors (Lipinski definition) is 1. The average Bonchev–Trinajstić information content (AvgIpc) is 2.97. The minimum atomic E-state index is 0.514. The summed E-state index contributed by atoms with van der Waals surface area (Å²) in [5.74, 6) is 0. The van der Waals surface area contributed by atoms with Crippen molar-refractivity contribution in [2.75, 3.05) is 5.32 Å². The van der Waals surface area contributed by atoms with Crippen molar-refractivity contribution in [2.45, 2.75) is 6.54 Å². The first-order chi connectivity index (χ1) is 7.93. The predicted molar refractivity (Wildman–Crippen MR) is 61.2 cm³/mol. The lowest BCUT2D eigenvalue weighted by molar-refractivity contribution is 0.571. The largest absolute Gasteiger partial charge is 0.432 e. The zero-order valence-electron chi connectivity index (χ0n) is 8.25. The molecule has 5 nitrogen and oxygen atoms in total. The van der Waals surface area contributed by atoms with Crippen LogP contribution in [-0.4, -0.2) is 13.7 Å². The second-order valence-corrected chi connectivity index (χ2v) is 3.77. The van der Waals surface area contributed by atoms with Crippen molar-refractivity contribution in [3.8, 4) is 0 Å². The third-order valence-corrected chi connectivity index (χ3v) is 2.77. The molecule has 3 rings (SSSR count). The van der Waals surface area contributed by atoms with Crippen LogP contribution in [0.25, 0.3) is 11.0 Å². The van der Waals surface area contributed by atoms with E-state index in [9.17, 15) is 0 Å². The molecular weight excluding hydrogens is 224 g/mol. The first-order valence-corrected chi connectivity index (χ1v) is 5.50. The third-order valence-electron chi connectivity index (χ3n) is 2.23. The highest BCUT2D eigenvalue weighted by Gasteiger charge is 2.05. The van der Waals surface area contributed by atoms with Crippen LogP contribution in [0.1, 0.15) is 5.56 Å². The first kappa shape index (κ1) is 9.29. The van der Waals surface area contributed by atoms with Gasteiger partial charge in [0.25, 0.3) is 6.01 Å². The number of nitrogens with one attached hydrogen (secondary N) is 1. The van der Waals surface area contributed by atoms with Gasteiger partial charge in [-0.15, -0.1) is 0 Å². The molecule has 0 spiro atoms. The Hall–Kier alpha value is -1.95. The van der Waals surface area contributed by atoms with Crippen molar-refractivity contribution in [3.63, 3.8) is 0 Å². The predicted octanol–water partition coefficient (Wildman–Crippen LogP) is 2.29. The number of nitrogens with zero attached hydrogens (tertiary/aromatic N) is 3. The number of benzene rings is 1. The van der Waals surface area contributed by atoms with Crippen LogP contribution in [-0.2, 0) is 6.54 Å². The molecule has 0 fully saturated rings. The van der Waals surface area contributed by atoms with Crippen molar-refractivity contribution in [2.24, 2.45) is 0 Å². The van der Waals surface area contributed by atoms with Crippen LogP contribution in [0.5, 0.6) is 0 Å². The molecule has 0 amide bonds. The van der Waals surface area contributed by atoms with E-state index in [1.54, 1.807) is 6.20 Å². The molecule has 0 aliphatic carbocycles. The lowest BCUT2D eigenvalue weighted by Crippen LogP contribution is -2.00. The van der Waals surface area contributed by atoms with E-state index < -0.39 is 0 Å². The number of aromatic nitrogens is 3. The van der Waals surface area contributed by atoms with Crippen molar-refractivity contribution in [1.29, 1.82) is 0 Å². The van der Waals surface area contributed by atoms with Crippen LogP contribution in [0.2, 0.25) is 0 Å². The highest BCUT2D eigenvalue weighted by molar-refractivity contribution is 7.00. The second-order valence-electron chi connectivity index (χ2n) is 3.24. The molecule has 2 aromatic heterocycles. The van der Waals surface area contributed by atoms with Crippen LogP contribution in [0.3, 0.4) is 0 Å². The first-order valence-electron chi connectivity index (χ1n) is 4.77. The molecule has 1 N–H and O–H groups in total. The molecule has 2 heterocycles. The maximum Gasteiger partial charge on any atom is 0.294 e. The Bertz CT molecular complexity index is 590. The van der Waals surface area contributed by atoms with Crippen molar-refractivity contribution >= 4 is 28.8 Å². The van der Waals surface area contributed by atoms with E-state index in [0.717, 1.165) is 16.6 Å². The number of anilines is 1. The van der Waals surface area contributed by atoms with E-state index in [0.29, 0.717) is 12.6 Å². The summed E-state index contributed by atoms with van der Waals surface area (Å²) in [6, 6.07) is 6.45. The van der Waals surface area contributed by atoms with Crippen molar-refractivity contribution < 1.29 is 4.42 Å². The SMILES string of the molecule is c1cc(CNc2ncco2)c2nsnc2c1. The summed E-state index contributed by atoms with van der Waals surface area (Å²) >= 11 is 1.22. The number of fused-ring (bicyclic) bond motifs is 1. The molecular formula is C10H8N4OS. The Morgan fingerprint density at radius 2 is 2.31 bits per heavy atom. The Kier molecular flexibility index (Phi) is 2.26. The van der Waals surface area contributed by atoms with Gasteiger partial charge in [-0.2, -0.15) is 8.75 Å². The molecule has 1 aromatic carbocycles. The van der Waals surface area contributed by atoms with Gasteiger partial charge in [-0.3, -0.25) is 0 Å². The van der Waals surface area contributed by atoms with Gasteiger partial charge in [0.1, 0.15) is 17.3 Å². The third kappa shape index (κ3) is 1.63. The molecule has 0 atom stereocenters. The fourth-order valence-corrected chi connectivity index (χ4v) is 2.05. The Balaban J connectivity index is 1.86. The summed E-state index contributed by atoms with van der Waals surface area (Å²) in [5.41, 5.74) is 2.95. The van der Waals surface area contributed by atoms with Crippen LogP contribution in [0.4, 0.5) is 6.01 Å². The maximum atomic E-state index is 5.09. The molecule has 0 saturated carbocycles. The summed E-state index contributed by atoms with van der Waals surface area (Å²) in [6.07, 6.45) is 3.14. The van der Waals surface area contributed by atoms with Gasteiger partial charge in [-0.05, 0) is 6.07 Å². The van der Waals surface area contributed by atoms with E-state index >= 15 is 0 Å². The van der Waals surface area contributed by atoms with Gasteiger partial charge in [0, 0.05) is 12.1 Å². The van der Waals surface area contributed by atoms with E-state index in [-0.39, 0.29) is 0 Å². The minimum absolute atomic E-state index is 0.514. The number of oxazole rings is 1. The lowest BCUT2D eigenvalue weighted by Gasteiger charge is -2.01. The lowest BCUT2D eigenvalue weighted by atomic mass is 10.2. The molecule has 80 valence electrons. The standard InChI is InChI=1S/C10H8N4OS/c1-2-7(6-12-10-11-4-5-15-10)9-8(3-1)13-16-14-9/h1-5H,6H2,(H,11,12). The summed E-state index contributed by atoms with van der Waals surface area (Å²) in [5, 5.41) is 3.08. The van der Waals surface area contributed by atoms with Gasteiger partial charge in [-0.25, -0.2) is 4.98 Å². The summed E-state index contributed by atoms with van der Waals surface area (Å²) < 4.78 is 13.5. The van der Waals surface area contributed by atoms with Crippen LogP contribution in [0, 0.1) is 0 Å². The van der Waals surface area contributed by atoms with Gasteiger partial charge in [0.15, 0.2) is 0 Å². The Morgan fingerprint density at radius 3 is 3.19 bits per heavy atom. The Morgan fingerprint density at radius 1 is 1.31 bits per heavy atom. The quantitative estimate of drug-likeness (QED) is 0.750. The van der Waals surface area contributed by atoms with E-state index in [2.05, 4.69) is 19.0 Å². The zero-order valence-corrected chi connectivity index (χ0v) is 9.07. The molecule has 0 saturated heterocycles. The van der Waals surface area contributed by atoms with Gasteiger partial charge < -0.3 is 9.73 Å². The van der Waals surface area contributed by atoms with Crippen LogP contribution >= 0.6 is 11.7 Å². The molecule has 0 radical (unpaired) electrons. The molecule has 16 heavy (non-hydrogen) atoms. The van der Waals surface area contributed by atoms with Crippen LogP contribution < -0.4 is 5.32 Å². The minimum Gasteiger partial charge on any atom is -0.432 e. The van der Waals surface area contributed by atoms with Crippen molar-refractivity contribution in [1.82, 2.24) is 13.7 Å². The molecule has 6 heteroatoms. The van der Waals surface area contributed by atoms with E-state index in [1.165, 1.54) is 18.0 Å². The van der Waals surface area contributed by atoms with Gasteiger partial charge in [0.05, 0.1) is 17.9 Å². The smallest absolute Gasteiger partial charge is 0.294 e. The average molecular weight is 232 g/mol. The fraction of sp³-hybridized carbons (Fsp3) is 0.100. The van der Waals surface area contributed by atoms with E-state index in [1.807, 2.05) is 18.2 Å². The maximum absolute atomic E-state index is 5.09. The number of hydrogen-bond acceptors (Lipinski definition) is 6. The molecule has 0 bridgehead atoms. The zero-order chi connectivity index (χ0) is 10.8. The monoisotopic (exact) mass is 232 g/mol. The summed E-state index contributed by atoms with van der Waals surface area (Å²) in [6.45, 7) is 0.628. The summed E-state index contributed by atoms with van der Waals surface area (Å²) in [4.78, 5) is 3.99. The Labute approximate surface area is 95.5 Å². The summed E-state index contributed by atoms with van der Waals surface area (Å²) in [7, 11) is 0. The van der Waals surface area contributed by atoms with Crippen LogP contribution in [0.15, 0.2) is 35.1 Å². The molecule has 0 aliphatic rings. The number of rotatable bonds is 3. The van der Waals surface area contributed by atoms with Gasteiger partial charge in [0.2, 0.25) is 0 Å². The van der Waals surface area contributed by atoms with Gasteiger partial charge >= 0.3 is 0 Å². The van der Waals surface area contributed by atoms with Crippen molar-refractivity contribution in [3.05, 3.63) is 36.2 Å². The molecule has 3 aromatic rings. The molecule has 0 aliphatic heterocycles. The second kappa shape index (κ2) is 3.90. The van der Waals surface area contributed by atoms with Gasteiger partial charge in [-0.1, -0.05) is 12.1 Å². The topological polar surface area (TPSA) is 63.8 Å². The van der Waals surface area contributed by atoms with E-state index in [4.69, 9.17) is 4.42 Å². The molecule has 0 unspecified atom stereocenters. The highest BCUT2D eigenvalue weighted by atomic mass is 32.1. The normalized spacial score (nSPS) is 10.8.